The molecule has 2 rings (SSSR count). The summed E-state index contributed by atoms with van der Waals surface area (Å²) in [6.45, 7) is 0. The summed E-state index contributed by atoms with van der Waals surface area (Å²) in [6, 6.07) is 10.1. The minimum atomic E-state index is -4.74. The van der Waals surface area contributed by atoms with E-state index in [1.807, 2.05) is 0 Å². The number of benzene rings is 2. The number of ether oxygens (including phenoxy) is 2. The van der Waals surface area contributed by atoms with Crippen molar-refractivity contribution in [1.82, 2.24) is 0 Å². The lowest BCUT2D eigenvalue weighted by Gasteiger charge is -2.13. The van der Waals surface area contributed by atoms with E-state index in [2.05, 4.69) is 4.74 Å². The van der Waals surface area contributed by atoms with Gasteiger partial charge in [-0.25, -0.2) is 0 Å². The molecule has 0 radical (unpaired) electrons. The molecular weight excluding hydrogens is 273 g/mol. The molecular formula is C14H11F3O3. The van der Waals surface area contributed by atoms with Crippen molar-refractivity contribution in [2.45, 2.75) is 6.36 Å². The van der Waals surface area contributed by atoms with Gasteiger partial charge in [0.15, 0.2) is 0 Å². The maximum atomic E-state index is 12.2. The van der Waals surface area contributed by atoms with Crippen LogP contribution in [0.25, 0.3) is 11.1 Å². The van der Waals surface area contributed by atoms with Gasteiger partial charge in [-0.2, -0.15) is 0 Å². The zero-order valence-corrected chi connectivity index (χ0v) is 10.4. The molecule has 106 valence electrons. The summed E-state index contributed by atoms with van der Waals surface area (Å²) >= 11 is 0. The number of methoxy groups -OCH3 is 1. The molecule has 2 aromatic rings. The van der Waals surface area contributed by atoms with Crippen LogP contribution in [0.4, 0.5) is 13.2 Å². The minimum Gasteiger partial charge on any atom is -0.508 e. The lowest BCUT2D eigenvalue weighted by atomic mass is 10.0. The smallest absolute Gasteiger partial charge is 0.508 e. The fraction of sp³-hybridized carbons (Fsp3) is 0.143. The molecule has 2 aromatic carbocycles. The Morgan fingerprint density at radius 3 is 2.20 bits per heavy atom. The number of hydrogen-bond donors (Lipinski definition) is 1. The van der Waals surface area contributed by atoms with Crippen molar-refractivity contribution in [3.63, 3.8) is 0 Å². The molecule has 0 atom stereocenters. The van der Waals surface area contributed by atoms with E-state index >= 15 is 0 Å². The highest BCUT2D eigenvalue weighted by atomic mass is 19.4. The van der Waals surface area contributed by atoms with Crippen LogP contribution in [0.15, 0.2) is 42.5 Å². The van der Waals surface area contributed by atoms with Crippen LogP contribution in [0.1, 0.15) is 0 Å². The van der Waals surface area contributed by atoms with Gasteiger partial charge in [0, 0.05) is 11.6 Å². The first-order chi connectivity index (χ1) is 9.39. The third-order valence-electron chi connectivity index (χ3n) is 2.58. The number of alkyl halides is 3. The van der Waals surface area contributed by atoms with E-state index in [9.17, 15) is 18.3 Å². The number of phenolic OH excluding ortho intramolecular Hbond substituents is 1. The molecule has 1 N–H and O–H groups in total. The standard InChI is InChI=1S/C14H11F3O3/c1-19-13-8-11(20-14(15,16)17)6-7-12(13)9-2-4-10(18)5-3-9/h2-8,18H,1H3. The van der Waals surface area contributed by atoms with Crippen LogP contribution in [-0.4, -0.2) is 18.6 Å². The third kappa shape index (κ3) is 3.34. The molecule has 0 saturated heterocycles. The predicted molar refractivity (Wildman–Crippen MR) is 66.8 cm³/mol. The van der Waals surface area contributed by atoms with Gasteiger partial charge in [-0.1, -0.05) is 12.1 Å². The first kappa shape index (κ1) is 14.0. The molecule has 0 unspecified atom stereocenters. The van der Waals surface area contributed by atoms with Gasteiger partial charge in [-0.15, -0.1) is 13.2 Å². The van der Waals surface area contributed by atoms with Gasteiger partial charge in [0.25, 0.3) is 0 Å². The molecule has 6 heteroatoms. The van der Waals surface area contributed by atoms with Gasteiger partial charge in [-0.3, -0.25) is 0 Å². The number of halogens is 3. The molecule has 3 nitrogen and oxygen atoms in total. The van der Waals surface area contributed by atoms with Crippen molar-refractivity contribution in [2.75, 3.05) is 7.11 Å². The normalized spacial score (nSPS) is 11.2. The molecule has 0 amide bonds. The third-order valence-corrected chi connectivity index (χ3v) is 2.58. The van der Waals surface area contributed by atoms with Gasteiger partial charge < -0.3 is 14.6 Å². The first-order valence-corrected chi connectivity index (χ1v) is 5.62. The number of rotatable bonds is 3. The van der Waals surface area contributed by atoms with E-state index in [0.717, 1.165) is 6.07 Å². The largest absolute Gasteiger partial charge is 0.573 e. The SMILES string of the molecule is COc1cc(OC(F)(F)F)ccc1-c1ccc(O)cc1. The van der Waals surface area contributed by atoms with E-state index in [1.165, 1.54) is 31.4 Å². The summed E-state index contributed by atoms with van der Waals surface area (Å²) in [7, 11) is 1.36. The Morgan fingerprint density at radius 1 is 1.00 bits per heavy atom. The highest BCUT2D eigenvalue weighted by Gasteiger charge is 2.31. The maximum absolute atomic E-state index is 12.2. The number of hydrogen-bond acceptors (Lipinski definition) is 3. The minimum absolute atomic E-state index is 0.102. The van der Waals surface area contributed by atoms with Gasteiger partial charge in [-0.05, 0) is 29.8 Å². The molecule has 20 heavy (non-hydrogen) atoms. The topological polar surface area (TPSA) is 38.7 Å². The summed E-state index contributed by atoms with van der Waals surface area (Å²) in [5.41, 5.74) is 1.31. The Kier molecular flexibility index (Phi) is 3.74. The molecule has 0 fully saturated rings. The summed E-state index contributed by atoms with van der Waals surface area (Å²) in [4.78, 5) is 0. The van der Waals surface area contributed by atoms with Gasteiger partial charge in [0.05, 0.1) is 7.11 Å². The van der Waals surface area contributed by atoms with Crippen molar-refractivity contribution in [2.24, 2.45) is 0 Å². The second kappa shape index (κ2) is 5.32. The Labute approximate surface area is 113 Å². The summed E-state index contributed by atoms with van der Waals surface area (Å²) in [5.74, 6) is -0.000870. The molecule has 0 spiro atoms. The first-order valence-electron chi connectivity index (χ1n) is 5.62. The summed E-state index contributed by atoms with van der Waals surface area (Å²) in [5, 5.41) is 9.23. The number of aromatic hydroxyl groups is 1. The van der Waals surface area contributed by atoms with E-state index in [0.29, 0.717) is 11.1 Å². The van der Waals surface area contributed by atoms with Crippen LogP contribution in [0.3, 0.4) is 0 Å². The zero-order valence-electron chi connectivity index (χ0n) is 10.4. The fourth-order valence-corrected chi connectivity index (χ4v) is 1.75. The molecule has 0 heterocycles. The van der Waals surface area contributed by atoms with E-state index in [1.54, 1.807) is 12.1 Å². The molecule has 0 aliphatic heterocycles. The van der Waals surface area contributed by atoms with Crippen LogP contribution in [0, 0.1) is 0 Å². The Morgan fingerprint density at radius 2 is 1.65 bits per heavy atom. The zero-order chi connectivity index (χ0) is 14.8. The molecule has 0 saturated carbocycles. The van der Waals surface area contributed by atoms with Gasteiger partial charge in [0.1, 0.15) is 17.2 Å². The Bertz CT molecular complexity index is 592. The van der Waals surface area contributed by atoms with Crippen molar-refractivity contribution >= 4 is 0 Å². The lowest BCUT2D eigenvalue weighted by Crippen LogP contribution is -2.17. The monoisotopic (exact) mass is 284 g/mol. The maximum Gasteiger partial charge on any atom is 0.573 e. The second-order valence-electron chi connectivity index (χ2n) is 3.96. The van der Waals surface area contributed by atoms with Crippen molar-refractivity contribution in [1.29, 1.82) is 0 Å². The van der Waals surface area contributed by atoms with E-state index in [4.69, 9.17) is 4.74 Å². The van der Waals surface area contributed by atoms with Crippen LogP contribution in [-0.2, 0) is 0 Å². The molecule has 0 aromatic heterocycles. The van der Waals surface area contributed by atoms with E-state index in [-0.39, 0.29) is 17.2 Å². The van der Waals surface area contributed by atoms with E-state index < -0.39 is 6.36 Å². The van der Waals surface area contributed by atoms with Crippen LogP contribution in [0.5, 0.6) is 17.2 Å². The van der Waals surface area contributed by atoms with Crippen LogP contribution >= 0.6 is 0 Å². The van der Waals surface area contributed by atoms with Crippen molar-refractivity contribution in [3.05, 3.63) is 42.5 Å². The molecule has 0 aliphatic carbocycles. The fourth-order valence-electron chi connectivity index (χ4n) is 1.75. The summed E-state index contributed by atoms with van der Waals surface area (Å²) < 4.78 is 45.4. The van der Waals surface area contributed by atoms with Crippen LogP contribution < -0.4 is 9.47 Å². The molecule has 0 aliphatic rings. The Balaban J connectivity index is 2.37. The summed E-state index contributed by atoms with van der Waals surface area (Å²) in [6.07, 6.45) is -4.74. The van der Waals surface area contributed by atoms with Crippen LogP contribution in [0.2, 0.25) is 0 Å². The van der Waals surface area contributed by atoms with Crippen molar-refractivity contribution < 1.29 is 27.8 Å². The predicted octanol–water partition coefficient (Wildman–Crippen LogP) is 3.97. The average Bonchev–Trinajstić information content (AvgIpc) is 2.38. The lowest BCUT2D eigenvalue weighted by molar-refractivity contribution is -0.274. The highest BCUT2D eigenvalue weighted by molar-refractivity contribution is 5.72. The van der Waals surface area contributed by atoms with Crippen molar-refractivity contribution in [3.8, 4) is 28.4 Å². The molecule has 0 bridgehead atoms. The Hall–Kier alpha value is -2.37. The van der Waals surface area contributed by atoms with Gasteiger partial charge >= 0.3 is 6.36 Å². The number of phenols is 1. The van der Waals surface area contributed by atoms with Gasteiger partial charge in [0.2, 0.25) is 0 Å². The second-order valence-corrected chi connectivity index (χ2v) is 3.96. The highest BCUT2D eigenvalue weighted by Crippen LogP contribution is 2.35. The quantitative estimate of drug-likeness (QED) is 0.927. The average molecular weight is 284 g/mol.